The maximum absolute atomic E-state index is 12.8. The normalized spacial score (nSPS) is 24.7. The fourth-order valence-electron chi connectivity index (χ4n) is 3.70. The van der Waals surface area contributed by atoms with E-state index in [4.69, 9.17) is 0 Å². The van der Waals surface area contributed by atoms with Gasteiger partial charge in [0.2, 0.25) is 5.91 Å². The van der Waals surface area contributed by atoms with Crippen LogP contribution in [0.1, 0.15) is 12.0 Å². The first kappa shape index (κ1) is 14.3. The minimum Gasteiger partial charge on any atom is -0.309 e. The minimum absolute atomic E-state index is 0.0839. The van der Waals surface area contributed by atoms with E-state index in [2.05, 4.69) is 25.9 Å². The summed E-state index contributed by atoms with van der Waals surface area (Å²) in [6.45, 7) is 3.43. The summed E-state index contributed by atoms with van der Waals surface area (Å²) in [5.41, 5.74) is 2.01. The highest BCUT2D eigenvalue weighted by Crippen LogP contribution is 2.34. The maximum Gasteiger partial charge on any atom is 0.231 e. The molecule has 0 radical (unpaired) electrons. The first-order valence-electron chi connectivity index (χ1n) is 7.99. The Morgan fingerprint density at radius 1 is 1.13 bits per heavy atom. The molecule has 2 aliphatic rings. The molecule has 2 atom stereocenters. The number of piperidine rings is 1. The van der Waals surface area contributed by atoms with Crippen molar-refractivity contribution in [1.82, 2.24) is 19.9 Å². The van der Waals surface area contributed by atoms with E-state index in [0.717, 1.165) is 38.3 Å². The van der Waals surface area contributed by atoms with Gasteiger partial charge in [-0.2, -0.15) is 0 Å². The molecule has 118 valence electrons. The molecule has 2 aromatic heterocycles. The Balaban J connectivity index is 1.46. The van der Waals surface area contributed by atoms with E-state index < -0.39 is 0 Å². The number of carbonyl (C=O) groups excluding carboxylic acids is 1. The van der Waals surface area contributed by atoms with Crippen molar-refractivity contribution in [3.8, 4) is 0 Å². The van der Waals surface area contributed by atoms with Gasteiger partial charge in [-0.1, -0.05) is 6.07 Å². The molecule has 2 aromatic rings. The fourth-order valence-corrected chi connectivity index (χ4v) is 3.70. The molecule has 0 bridgehead atoms. The van der Waals surface area contributed by atoms with Gasteiger partial charge in [-0.25, -0.2) is 9.97 Å². The van der Waals surface area contributed by atoms with Gasteiger partial charge in [0.05, 0.1) is 24.0 Å². The molecular formula is C17H19N5O. The average Bonchev–Trinajstić information content (AvgIpc) is 3.00. The van der Waals surface area contributed by atoms with Crippen LogP contribution in [0.2, 0.25) is 0 Å². The summed E-state index contributed by atoms with van der Waals surface area (Å²) in [6.07, 6.45) is 9.65. The Morgan fingerprint density at radius 2 is 2.00 bits per heavy atom. The highest BCUT2D eigenvalue weighted by molar-refractivity contribution is 5.96. The van der Waals surface area contributed by atoms with Crippen LogP contribution in [0.4, 0.5) is 5.69 Å². The smallest absolute Gasteiger partial charge is 0.231 e. The number of amides is 1. The zero-order valence-corrected chi connectivity index (χ0v) is 12.9. The highest BCUT2D eigenvalue weighted by atomic mass is 16.2. The molecule has 2 unspecified atom stereocenters. The van der Waals surface area contributed by atoms with Crippen molar-refractivity contribution in [3.05, 3.63) is 48.8 Å². The lowest BCUT2D eigenvalue weighted by atomic mass is 9.88. The zero-order valence-electron chi connectivity index (χ0n) is 12.9. The lowest BCUT2D eigenvalue weighted by Crippen LogP contribution is -2.45. The van der Waals surface area contributed by atoms with Crippen LogP contribution in [-0.4, -0.2) is 45.4 Å². The van der Waals surface area contributed by atoms with Gasteiger partial charge in [0.25, 0.3) is 0 Å². The number of fused-ring (bicyclic) bond motifs is 1. The van der Waals surface area contributed by atoms with E-state index in [1.165, 1.54) is 11.9 Å². The molecule has 6 heteroatoms. The van der Waals surface area contributed by atoms with Crippen LogP contribution < -0.4 is 4.90 Å². The molecule has 4 rings (SSSR count). The lowest BCUT2D eigenvalue weighted by Gasteiger charge is -2.33. The standard InChI is InChI=1S/C17H19N5O/c23-17-16-11-21(9-13-2-1-4-18-6-13)10-14(16)3-5-22(17)15-7-19-12-20-8-15/h1-2,4,6-8,12,14,16H,3,5,9-11H2. The highest BCUT2D eigenvalue weighted by Gasteiger charge is 2.43. The van der Waals surface area contributed by atoms with Crippen molar-refractivity contribution in [3.63, 3.8) is 0 Å². The van der Waals surface area contributed by atoms with Crippen molar-refractivity contribution in [2.24, 2.45) is 11.8 Å². The van der Waals surface area contributed by atoms with Gasteiger partial charge >= 0.3 is 0 Å². The first-order valence-corrected chi connectivity index (χ1v) is 7.99. The Morgan fingerprint density at radius 3 is 2.78 bits per heavy atom. The van der Waals surface area contributed by atoms with Gasteiger partial charge in [0, 0.05) is 38.6 Å². The van der Waals surface area contributed by atoms with Crippen molar-refractivity contribution < 1.29 is 4.79 Å². The molecule has 2 saturated heterocycles. The SMILES string of the molecule is O=C1C2CN(Cc3cccnc3)CC2CCN1c1cncnc1. The lowest BCUT2D eigenvalue weighted by molar-refractivity contribution is -0.124. The van der Waals surface area contributed by atoms with Gasteiger partial charge in [-0.15, -0.1) is 0 Å². The maximum atomic E-state index is 12.8. The molecule has 2 fully saturated rings. The predicted molar refractivity (Wildman–Crippen MR) is 85.5 cm³/mol. The third kappa shape index (κ3) is 2.82. The summed E-state index contributed by atoms with van der Waals surface area (Å²) in [6, 6.07) is 4.05. The average molecular weight is 309 g/mol. The quantitative estimate of drug-likeness (QED) is 0.856. The number of carbonyl (C=O) groups is 1. The second-order valence-corrected chi connectivity index (χ2v) is 6.30. The van der Waals surface area contributed by atoms with Crippen LogP contribution in [0.25, 0.3) is 0 Å². The third-order valence-electron chi connectivity index (χ3n) is 4.81. The number of rotatable bonds is 3. The summed E-state index contributed by atoms with van der Waals surface area (Å²) >= 11 is 0. The largest absolute Gasteiger partial charge is 0.309 e. The molecule has 4 heterocycles. The predicted octanol–water partition coefficient (Wildman–Crippen LogP) is 1.36. The molecule has 0 N–H and O–H groups in total. The molecule has 6 nitrogen and oxygen atoms in total. The first-order chi connectivity index (χ1) is 11.3. The number of pyridine rings is 1. The van der Waals surface area contributed by atoms with Gasteiger partial charge < -0.3 is 4.90 Å². The summed E-state index contributed by atoms with van der Waals surface area (Å²) in [5, 5.41) is 0. The number of aromatic nitrogens is 3. The second-order valence-electron chi connectivity index (χ2n) is 6.30. The zero-order chi connectivity index (χ0) is 15.6. The van der Waals surface area contributed by atoms with Gasteiger partial charge in [-0.05, 0) is 24.0 Å². The van der Waals surface area contributed by atoms with Gasteiger partial charge in [0.15, 0.2) is 0 Å². The number of likely N-dealkylation sites (tertiary alicyclic amines) is 1. The summed E-state index contributed by atoms with van der Waals surface area (Å²) < 4.78 is 0. The molecule has 0 spiro atoms. The van der Waals surface area contributed by atoms with Crippen molar-refractivity contribution in [1.29, 1.82) is 0 Å². The second kappa shape index (κ2) is 6.04. The molecule has 23 heavy (non-hydrogen) atoms. The molecular weight excluding hydrogens is 290 g/mol. The van der Waals surface area contributed by atoms with E-state index in [9.17, 15) is 4.79 Å². The minimum atomic E-state index is 0.0839. The van der Waals surface area contributed by atoms with Gasteiger partial charge in [0.1, 0.15) is 6.33 Å². The summed E-state index contributed by atoms with van der Waals surface area (Å²) in [4.78, 5) is 29.3. The monoisotopic (exact) mass is 309 g/mol. The van der Waals surface area contributed by atoms with Crippen LogP contribution in [-0.2, 0) is 11.3 Å². The number of hydrogen-bond acceptors (Lipinski definition) is 5. The van der Waals surface area contributed by atoms with Crippen LogP contribution in [0.3, 0.4) is 0 Å². The Bertz CT molecular complexity index is 678. The van der Waals surface area contributed by atoms with Crippen LogP contribution in [0, 0.1) is 11.8 Å². The topological polar surface area (TPSA) is 62.2 Å². The van der Waals surface area contributed by atoms with Crippen molar-refractivity contribution in [2.45, 2.75) is 13.0 Å². The molecule has 1 amide bonds. The Labute approximate surface area is 135 Å². The van der Waals surface area contributed by atoms with E-state index in [-0.39, 0.29) is 11.8 Å². The van der Waals surface area contributed by atoms with Crippen LogP contribution in [0.15, 0.2) is 43.2 Å². The van der Waals surface area contributed by atoms with E-state index in [0.29, 0.717) is 5.92 Å². The van der Waals surface area contributed by atoms with E-state index >= 15 is 0 Å². The summed E-state index contributed by atoms with van der Waals surface area (Å²) in [7, 11) is 0. The summed E-state index contributed by atoms with van der Waals surface area (Å²) in [5.74, 6) is 0.755. The fraction of sp³-hybridized carbons (Fsp3) is 0.412. The molecule has 0 aliphatic carbocycles. The van der Waals surface area contributed by atoms with Crippen LogP contribution >= 0.6 is 0 Å². The molecule has 2 aliphatic heterocycles. The van der Waals surface area contributed by atoms with E-state index in [1.54, 1.807) is 18.6 Å². The van der Waals surface area contributed by atoms with E-state index in [1.807, 2.05) is 17.2 Å². The Hall–Kier alpha value is -2.34. The van der Waals surface area contributed by atoms with Crippen molar-refractivity contribution in [2.75, 3.05) is 24.5 Å². The molecule has 0 saturated carbocycles. The molecule has 0 aromatic carbocycles. The number of nitrogens with zero attached hydrogens (tertiary/aromatic N) is 5. The number of hydrogen-bond donors (Lipinski definition) is 0. The Kier molecular flexibility index (Phi) is 3.75. The van der Waals surface area contributed by atoms with Crippen LogP contribution in [0.5, 0.6) is 0 Å². The third-order valence-corrected chi connectivity index (χ3v) is 4.81. The van der Waals surface area contributed by atoms with Crippen molar-refractivity contribution >= 4 is 11.6 Å². The number of anilines is 1. The van der Waals surface area contributed by atoms with Gasteiger partial charge in [-0.3, -0.25) is 14.7 Å².